The Bertz CT molecular complexity index is 1350. The first kappa shape index (κ1) is 38.2. The molecular weight excluding hydrogens is 662 g/mol. The highest BCUT2D eigenvalue weighted by molar-refractivity contribution is 5.76. The van der Waals surface area contributed by atoms with E-state index in [1.165, 1.54) is 0 Å². The lowest BCUT2D eigenvalue weighted by Crippen LogP contribution is -2.67. The second kappa shape index (κ2) is 14.2. The molecule has 52 heavy (non-hydrogen) atoms. The molecule has 1 saturated heterocycles. The third kappa shape index (κ3) is 6.44. The van der Waals surface area contributed by atoms with E-state index in [-0.39, 0.29) is 64.3 Å². The minimum atomic E-state index is -0.712. The van der Waals surface area contributed by atoms with Gasteiger partial charge in [0.15, 0.2) is 0 Å². The molecule has 7 aliphatic rings. The summed E-state index contributed by atoms with van der Waals surface area (Å²) in [6.45, 7) is 19.0. The Balaban J connectivity index is 1.03. The predicted molar refractivity (Wildman–Crippen MR) is 195 cm³/mol. The molecule has 0 aromatic heterocycles. The average Bonchev–Trinajstić information content (AvgIpc) is 3.82. The molecule has 0 aromatic carbocycles. The number of hydrogen-bond acceptors (Lipinski definition) is 8. The lowest BCUT2D eigenvalue weighted by Gasteiger charge is -2.72. The van der Waals surface area contributed by atoms with Crippen molar-refractivity contribution in [3.63, 3.8) is 0 Å². The number of carbonyl (C=O) groups is 3. The van der Waals surface area contributed by atoms with Crippen LogP contribution in [0.1, 0.15) is 119 Å². The number of alkyl carbamates (subject to hydrolysis) is 1. The molecule has 0 aromatic rings. The van der Waals surface area contributed by atoms with E-state index in [9.17, 15) is 19.5 Å². The molecule has 5 unspecified atom stereocenters. The topological polar surface area (TPSA) is 136 Å². The fourth-order valence-electron chi connectivity index (χ4n) is 13.9. The minimum Gasteiger partial charge on any atom is -0.481 e. The monoisotopic (exact) mass is 729 g/mol. The van der Waals surface area contributed by atoms with Crippen molar-refractivity contribution in [2.75, 3.05) is 46.1 Å². The lowest BCUT2D eigenvalue weighted by atomic mass is 9.32. The average molecular weight is 730 g/mol. The van der Waals surface area contributed by atoms with Gasteiger partial charge in [0.25, 0.3) is 0 Å². The lowest BCUT2D eigenvalue weighted by molar-refractivity contribution is -0.249. The molecule has 11 nitrogen and oxygen atoms in total. The van der Waals surface area contributed by atoms with Gasteiger partial charge in [0.05, 0.1) is 31.8 Å². The molecular formula is C41H67N3O8. The highest BCUT2D eigenvalue weighted by Crippen LogP contribution is 2.77. The van der Waals surface area contributed by atoms with Gasteiger partial charge in [-0.25, -0.2) is 9.59 Å². The van der Waals surface area contributed by atoms with Gasteiger partial charge in [0.1, 0.15) is 6.10 Å². The standard InChI is InChI=1S/C41H67N3O8/c1-26(25-50-36(48)43-51-24-21-44-19-22-49-23-20-44)28-11-16-41(34(45)46)18-17-39(5)29(33(28)41)9-10-31-38(4)14-13-32(52-35(47)42-27-7-8-27)37(2,3)30(38)12-15-40(31,39)6/h26-33H,7-25H2,1-6H3,(H,42,47)(H,43,48)(H,45,46)/t26?,28-,29?,30?,31?,32+,33?,38-,39+,40+,41-/m0/s1. The maximum absolute atomic E-state index is 13.3. The third-order valence-corrected chi connectivity index (χ3v) is 17.0. The number of amides is 2. The molecule has 6 aliphatic carbocycles. The summed E-state index contributed by atoms with van der Waals surface area (Å²) >= 11 is 0. The van der Waals surface area contributed by atoms with Crippen LogP contribution in [0, 0.1) is 62.6 Å². The van der Waals surface area contributed by atoms with Crippen molar-refractivity contribution in [2.45, 2.75) is 131 Å². The first-order valence-electron chi connectivity index (χ1n) is 20.7. The number of hydroxylamine groups is 1. The van der Waals surface area contributed by atoms with Gasteiger partial charge >= 0.3 is 18.2 Å². The number of carboxylic acids is 1. The van der Waals surface area contributed by atoms with E-state index in [2.05, 4.69) is 57.2 Å². The second-order valence-electron chi connectivity index (χ2n) is 19.5. The number of hydrogen-bond donors (Lipinski definition) is 3. The minimum absolute atomic E-state index is 0.0179. The van der Waals surface area contributed by atoms with E-state index in [4.69, 9.17) is 19.0 Å². The van der Waals surface area contributed by atoms with Gasteiger partial charge in [-0.1, -0.05) is 41.5 Å². The highest BCUT2D eigenvalue weighted by atomic mass is 16.7. The van der Waals surface area contributed by atoms with Crippen molar-refractivity contribution in [1.29, 1.82) is 0 Å². The zero-order chi connectivity index (χ0) is 37.1. The summed E-state index contributed by atoms with van der Waals surface area (Å²) in [5.74, 6) is 0.948. The molecule has 2 amide bonds. The molecule has 11 atom stereocenters. The first-order valence-corrected chi connectivity index (χ1v) is 20.7. The Kier molecular flexibility index (Phi) is 10.4. The van der Waals surface area contributed by atoms with Crippen molar-refractivity contribution in [2.24, 2.45) is 62.6 Å². The fraction of sp³-hybridized carbons (Fsp3) is 0.927. The summed E-state index contributed by atoms with van der Waals surface area (Å²) in [7, 11) is 0. The largest absolute Gasteiger partial charge is 0.481 e. The molecule has 11 heteroatoms. The summed E-state index contributed by atoms with van der Waals surface area (Å²) in [4.78, 5) is 46.4. The Morgan fingerprint density at radius 2 is 1.60 bits per heavy atom. The molecule has 7 fully saturated rings. The summed E-state index contributed by atoms with van der Waals surface area (Å²) in [5.41, 5.74) is 1.85. The fourth-order valence-corrected chi connectivity index (χ4v) is 13.9. The van der Waals surface area contributed by atoms with Crippen LogP contribution in [0.15, 0.2) is 0 Å². The van der Waals surface area contributed by atoms with Gasteiger partial charge in [-0.05, 0) is 129 Å². The van der Waals surface area contributed by atoms with Gasteiger partial charge < -0.3 is 24.6 Å². The molecule has 1 aliphatic heterocycles. The van der Waals surface area contributed by atoms with Crippen molar-refractivity contribution in [3.8, 4) is 0 Å². The van der Waals surface area contributed by atoms with Crippen LogP contribution in [0.3, 0.4) is 0 Å². The van der Waals surface area contributed by atoms with Crippen LogP contribution in [0.2, 0.25) is 0 Å². The van der Waals surface area contributed by atoms with E-state index < -0.39 is 17.5 Å². The smallest absolute Gasteiger partial charge is 0.431 e. The van der Waals surface area contributed by atoms with Crippen molar-refractivity contribution in [1.82, 2.24) is 15.7 Å². The number of nitrogens with one attached hydrogen (secondary N) is 2. The highest BCUT2D eigenvalue weighted by Gasteiger charge is 2.72. The molecule has 3 N–H and O–H groups in total. The number of rotatable bonds is 10. The van der Waals surface area contributed by atoms with Crippen LogP contribution in [0.5, 0.6) is 0 Å². The van der Waals surface area contributed by atoms with Crippen molar-refractivity contribution >= 4 is 18.2 Å². The number of fused-ring (bicyclic) bond motifs is 7. The van der Waals surface area contributed by atoms with E-state index in [0.717, 1.165) is 96.9 Å². The molecule has 0 bridgehead atoms. The summed E-state index contributed by atoms with van der Waals surface area (Å²) in [5, 5.41) is 14.0. The van der Waals surface area contributed by atoms with Crippen LogP contribution < -0.4 is 10.8 Å². The normalized spacial score (nSPS) is 43.1. The van der Waals surface area contributed by atoms with Crippen LogP contribution in [0.25, 0.3) is 0 Å². The predicted octanol–water partition coefficient (Wildman–Crippen LogP) is 7.04. The van der Waals surface area contributed by atoms with Crippen molar-refractivity contribution < 1.29 is 38.5 Å². The Morgan fingerprint density at radius 3 is 2.31 bits per heavy atom. The number of morpholine rings is 1. The zero-order valence-electron chi connectivity index (χ0n) is 32.8. The molecule has 1 heterocycles. The number of ether oxygens (including phenoxy) is 3. The van der Waals surface area contributed by atoms with Crippen LogP contribution >= 0.6 is 0 Å². The van der Waals surface area contributed by atoms with Gasteiger partial charge in [-0.15, -0.1) is 0 Å². The van der Waals surface area contributed by atoms with Crippen LogP contribution in [-0.2, 0) is 23.8 Å². The Labute approximate surface area is 311 Å². The van der Waals surface area contributed by atoms with E-state index >= 15 is 0 Å². The Hall–Kier alpha value is -2.11. The molecule has 7 rings (SSSR count). The van der Waals surface area contributed by atoms with Gasteiger partial charge in [-0.3, -0.25) is 14.5 Å². The van der Waals surface area contributed by atoms with Crippen molar-refractivity contribution in [3.05, 3.63) is 0 Å². The molecule has 6 saturated carbocycles. The van der Waals surface area contributed by atoms with Gasteiger partial charge in [0, 0.05) is 31.1 Å². The first-order chi connectivity index (χ1) is 24.7. The molecule has 0 spiro atoms. The third-order valence-electron chi connectivity index (χ3n) is 17.0. The Morgan fingerprint density at radius 1 is 0.846 bits per heavy atom. The van der Waals surface area contributed by atoms with Gasteiger partial charge in [-0.2, -0.15) is 5.48 Å². The summed E-state index contributed by atoms with van der Waals surface area (Å²) in [6.07, 6.45) is 10.7. The van der Waals surface area contributed by atoms with Crippen LogP contribution in [-0.4, -0.2) is 86.4 Å². The van der Waals surface area contributed by atoms with E-state index in [0.29, 0.717) is 37.3 Å². The number of nitrogens with zero attached hydrogens (tertiary/aromatic N) is 1. The van der Waals surface area contributed by atoms with Gasteiger partial charge in [0.2, 0.25) is 0 Å². The van der Waals surface area contributed by atoms with E-state index in [1.807, 2.05) is 0 Å². The maximum atomic E-state index is 13.3. The maximum Gasteiger partial charge on any atom is 0.431 e. The summed E-state index contributed by atoms with van der Waals surface area (Å²) in [6, 6.07) is 0.288. The number of carboxylic acid groups (broad SMARTS) is 1. The molecule has 0 radical (unpaired) electrons. The SMILES string of the molecule is CC(COC(=O)NOCCN1CCOCC1)[C@@H]1CC[C@]2(C(=O)O)CC[C@]3(C)C(CCC4[C@@]5(C)CC[C@@H](OC(=O)NC6CC6)C(C)(C)C5CC[C@]43C)C12. The second-order valence-corrected chi connectivity index (χ2v) is 19.5. The summed E-state index contributed by atoms with van der Waals surface area (Å²) < 4.78 is 17.3. The quantitative estimate of drug-likeness (QED) is 0.160. The van der Waals surface area contributed by atoms with E-state index in [1.54, 1.807) is 0 Å². The van der Waals surface area contributed by atoms with Crippen LogP contribution in [0.4, 0.5) is 9.59 Å². The molecule has 294 valence electrons. The zero-order valence-corrected chi connectivity index (χ0v) is 32.8. The number of carbonyl (C=O) groups excluding carboxylic acids is 2. The number of aliphatic carboxylic acids is 1.